The van der Waals surface area contributed by atoms with E-state index < -0.39 is 21.7 Å². The monoisotopic (exact) mass is 213 g/mol. The van der Waals surface area contributed by atoms with E-state index in [9.17, 15) is 12.8 Å². The first-order valence-electron chi connectivity index (χ1n) is 4.23. The molecule has 0 saturated carbocycles. The fourth-order valence-electron chi connectivity index (χ4n) is 0.926. The van der Waals surface area contributed by atoms with E-state index in [1.165, 1.54) is 0 Å². The molecular weight excluding hydrogens is 197 g/mol. The van der Waals surface area contributed by atoms with E-state index in [1.54, 1.807) is 0 Å². The highest BCUT2D eigenvalue weighted by atomic mass is 32.2. The molecule has 0 rings (SSSR count). The molecule has 0 aromatic heterocycles. The summed E-state index contributed by atoms with van der Waals surface area (Å²) in [6.07, 6.45) is 0.0109. The number of halogens is 1. The maximum atomic E-state index is 12.7. The van der Waals surface area contributed by atoms with Gasteiger partial charge in [0.2, 0.25) is 0 Å². The highest BCUT2D eigenvalue weighted by molar-refractivity contribution is 7.86. The molecule has 0 radical (unpaired) electrons. The summed E-state index contributed by atoms with van der Waals surface area (Å²) in [6, 6.07) is 0. The molecule has 2 unspecified atom stereocenters. The van der Waals surface area contributed by atoms with E-state index in [1.807, 2.05) is 6.92 Å². The number of nitrogens with one attached hydrogen (secondary N) is 1. The Bertz CT molecular complexity index is 228. The van der Waals surface area contributed by atoms with Gasteiger partial charge in [-0.3, -0.25) is 9.87 Å². The van der Waals surface area contributed by atoms with Crippen molar-refractivity contribution < 1.29 is 17.4 Å². The Morgan fingerprint density at radius 3 is 2.38 bits per heavy atom. The third-order valence-electron chi connectivity index (χ3n) is 1.61. The van der Waals surface area contributed by atoms with Gasteiger partial charge in [0.25, 0.3) is 10.1 Å². The number of rotatable bonds is 6. The largest absolute Gasteiger partial charge is 0.297 e. The van der Waals surface area contributed by atoms with Gasteiger partial charge < -0.3 is 0 Å². The maximum Gasteiger partial charge on any atom is 0.284 e. The van der Waals surface area contributed by atoms with Gasteiger partial charge in [0, 0.05) is 0 Å². The SMILES string of the molecule is CCCCNC(C(C)F)S(=O)(=O)O. The van der Waals surface area contributed by atoms with Crippen LogP contribution in [0.4, 0.5) is 4.39 Å². The summed E-state index contributed by atoms with van der Waals surface area (Å²) in [6.45, 7) is 3.41. The molecule has 2 atom stereocenters. The molecule has 0 heterocycles. The number of alkyl halides is 1. The van der Waals surface area contributed by atoms with Crippen molar-refractivity contribution in [2.45, 2.75) is 38.2 Å². The van der Waals surface area contributed by atoms with Crippen LogP contribution in [0, 0.1) is 0 Å². The summed E-state index contributed by atoms with van der Waals surface area (Å²) in [5, 5.41) is 0.946. The Kier molecular flexibility index (Phi) is 5.43. The zero-order valence-corrected chi connectivity index (χ0v) is 8.64. The van der Waals surface area contributed by atoms with Gasteiger partial charge in [-0.05, 0) is 19.9 Å². The molecule has 80 valence electrons. The molecular formula is C7H16FNO3S. The molecule has 0 aliphatic rings. The minimum atomic E-state index is -4.33. The molecule has 0 aromatic rings. The Morgan fingerprint density at radius 2 is 2.08 bits per heavy atom. The van der Waals surface area contributed by atoms with Crippen LogP contribution in [0.3, 0.4) is 0 Å². The molecule has 0 saturated heterocycles. The second-order valence-corrected chi connectivity index (χ2v) is 4.46. The van der Waals surface area contributed by atoms with Crippen molar-refractivity contribution in [1.82, 2.24) is 5.32 Å². The first kappa shape index (κ1) is 12.8. The van der Waals surface area contributed by atoms with Crippen LogP contribution in [0.2, 0.25) is 0 Å². The number of unbranched alkanes of at least 4 members (excludes halogenated alkanes) is 1. The Morgan fingerprint density at radius 1 is 1.54 bits per heavy atom. The summed E-state index contributed by atoms with van der Waals surface area (Å²) in [5.41, 5.74) is 0. The molecule has 0 aromatic carbocycles. The third-order valence-corrected chi connectivity index (χ3v) is 2.80. The van der Waals surface area contributed by atoms with Crippen LogP contribution in [0.1, 0.15) is 26.7 Å². The minimum absolute atomic E-state index is 0.384. The summed E-state index contributed by atoms with van der Waals surface area (Å²) in [7, 11) is -4.33. The fourth-order valence-corrected chi connectivity index (χ4v) is 1.73. The lowest BCUT2D eigenvalue weighted by Crippen LogP contribution is -2.43. The van der Waals surface area contributed by atoms with Crippen LogP contribution in [0.25, 0.3) is 0 Å². The van der Waals surface area contributed by atoms with Gasteiger partial charge in [-0.2, -0.15) is 8.42 Å². The first-order valence-corrected chi connectivity index (χ1v) is 5.73. The summed E-state index contributed by atoms with van der Waals surface area (Å²) in [5.74, 6) is 0. The zero-order chi connectivity index (χ0) is 10.5. The minimum Gasteiger partial charge on any atom is -0.297 e. The first-order chi connectivity index (χ1) is 5.89. The highest BCUT2D eigenvalue weighted by Gasteiger charge is 2.28. The summed E-state index contributed by atoms with van der Waals surface area (Å²) < 4.78 is 42.5. The predicted molar refractivity (Wildman–Crippen MR) is 48.8 cm³/mol. The molecule has 0 aliphatic heterocycles. The van der Waals surface area contributed by atoms with Crippen molar-refractivity contribution in [2.75, 3.05) is 6.54 Å². The molecule has 6 heteroatoms. The van der Waals surface area contributed by atoms with Crippen LogP contribution >= 0.6 is 0 Å². The van der Waals surface area contributed by atoms with E-state index in [-0.39, 0.29) is 0 Å². The summed E-state index contributed by atoms with van der Waals surface area (Å²) >= 11 is 0. The third kappa shape index (κ3) is 5.17. The Balaban J connectivity index is 4.13. The van der Waals surface area contributed by atoms with Gasteiger partial charge in [-0.1, -0.05) is 13.3 Å². The van der Waals surface area contributed by atoms with Crippen molar-refractivity contribution in [1.29, 1.82) is 0 Å². The molecule has 0 spiro atoms. The zero-order valence-electron chi connectivity index (χ0n) is 7.83. The fraction of sp³-hybridized carbons (Fsp3) is 1.00. The van der Waals surface area contributed by atoms with E-state index in [0.717, 1.165) is 19.8 Å². The van der Waals surface area contributed by atoms with Gasteiger partial charge in [0.15, 0.2) is 5.37 Å². The average molecular weight is 213 g/mol. The quantitative estimate of drug-likeness (QED) is 0.509. The normalized spacial score (nSPS) is 16.9. The smallest absolute Gasteiger partial charge is 0.284 e. The van der Waals surface area contributed by atoms with Crippen molar-refractivity contribution in [3.05, 3.63) is 0 Å². The van der Waals surface area contributed by atoms with E-state index in [4.69, 9.17) is 4.55 Å². The standard InChI is InChI=1S/C7H16FNO3S/c1-3-4-5-9-7(6(2)8)13(10,11)12/h6-7,9H,3-5H2,1-2H3,(H,10,11,12). The van der Waals surface area contributed by atoms with E-state index in [2.05, 4.69) is 5.32 Å². The van der Waals surface area contributed by atoms with Gasteiger partial charge in [0.05, 0.1) is 0 Å². The molecule has 13 heavy (non-hydrogen) atoms. The van der Waals surface area contributed by atoms with E-state index in [0.29, 0.717) is 6.54 Å². The van der Waals surface area contributed by atoms with Gasteiger partial charge in [-0.15, -0.1) is 0 Å². The second-order valence-electron chi connectivity index (χ2n) is 2.92. The topological polar surface area (TPSA) is 66.4 Å². The molecule has 0 amide bonds. The van der Waals surface area contributed by atoms with Crippen LogP contribution in [0.15, 0.2) is 0 Å². The Labute approximate surface area is 78.3 Å². The molecule has 2 N–H and O–H groups in total. The Hall–Kier alpha value is -0.200. The second kappa shape index (κ2) is 5.51. The molecule has 0 fully saturated rings. The average Bonchev–Trinajstić information content (AvgIpc) is 1.94. The molecule has 0 bridgehead atoms. The van der Waals surface area contributed by atoms with Crippen molar-refractivity contribution in [2.24, 2.45) is 0 Å². The molecule has 0 aliphatic carbocycles. The van der Waals surface area contributed by atoms with Gasteiger partial charge in [0.1, 0.15) is 6.17 Å². The lowest BCUT2D eigenvalue weighted by molar-refractivity contribution is 0.302. The lowest BCUT2D eigenvalue weighted by atomic mass is 10.3. The number of hydrogen-bond acceptors (Lipinski definition) is 3. The number of hydrogen-bond donors (Lipinski definition) is 2. The van der Waals surface area contributed by atoms with Crippen molar-refractivity contribution in [3.8, 4) is 0 Å². The summed E-state index contributed by atoms with van der Waals surface area (Å²) in [4.78, 5) is 0. The van der Waals surface area contributed by atoms with Crippen LogP contribution in [-0.4, -0.2) is 31.1 Å². The highest BCUT2D eigenvalue weighted by Crippen LogP contribution is 2.05. The lowest BCUT2D eigenvalue weighted by Gasteiger charge is -2.16. The van der Waals surface area contributed by atoms with Crippen LogP contribution in [0.5, 0.6) is 0 Å². The van der Waals surface area contributed by atoms with Gasteiger partial charge in [-0.25, -0.2) is 4.39 Å². The van der Waals surface area contributed by atoms with Crippen molar-refractivity contribution in [3.63, 3.8) is 0 Å². The van der Waals surface area contributed by atoms with Gasteiger partial charge >= 0.3 is 0 Å². The maximum absolute atomic E-state index is 12.7. The van der Waals surface area contributed by atoms with Crippen LogP contribution < -0.4 is 5.32 Å². The predicted octanol–water partition coefficient (Wildman–Crippen LogP) is 0.948. The molecule has 4 nitrogen and oxygen atoms in total. The van der Waals surface area contributed by atoms with Crippen molar-refractivity contribution >= 4 is 10.1 Å². The van der Waals surface area contributed by atoms with E-state index >= 15 is 0 Å². The van der Waals surface area contributed by atoms with Crippen LogP contribution in [-0.2, 0) is 10.1 Å².